The van der Waals surface area contributed by atoms with Crippen LogP contribution in [-0.4, -0.2) is 69.0 Å². The van der Waals surface area contributed by atoms with E-state index in [4.69, 9.17) is 11.6 Å². The summed E-state index contributed by atoms with van der Waals surface area (Å²) in [5.41, 5.74) is 0.729. The minimum atomic E-state index is -0.714. The number of benzene rings is 2. The number of hydrogen-bond donors (Lipinski definition) is 1. The smallest absolute Gasteiger partial charge is 0.215 e. The van der Waals surface area contributed by atoms with Crippen molar-refractivity contribution in [3.8, 4) is 0 Å². The van der Waals surface area contributed by atoms with Gasteiger partial charge < -0.3 is 14.9 Å². The summed E-state index contributed by atoms with van der Waals surface area (Å²) in [4.78, 5) is 27.8. The zero-order chi connectivity index (χ0) is 27.0. The Morgan fingerprint density at radius 2 is 1.83 bits per heavy atom. The van der Waals surface area contributed by atoms with Gasteiger partial charge in [-0.05, 0) is 37.1 Å². The molecule has 36 heavy (non-hydrogen) atoms. The summed E-state index contributed by atoms with van der Waals surface area (Å²) in [6, 6.07) is 6.97. The summed E-state index contributed by atoms with van der Waals surface area (Å²) in [6.45, 7) is 6.01. The van der Waals surface area contributed by atoms with Crippen LogP contribution in [-0.2, 0) is 4.79 Å². The lowest BCUT2D eigenvalue weighted by atomic mass is 10.1. The fourth-order valence-corrected chi connectivity index (χ4v) is 4.07. The van der Waals surface area contributed by atoms with Crippen molar-refractivity contribution in [1.29, 1.82) is 0 Å². The van der Waals surface area contributed by atoms with Crippen molar-refractivity contribution < 1.29 is 23.5 Å². The third-order valence-corrected chi connectivity index (χ3v) is 5.71. The highest BCUT2D eigenvalue weighted by atomic mass is 35.5. The largest absolute Gasteiger partial charge is 0.388 e. The Hall–Kier alpha value is -3.24. The van der Waals surface area contributed by atoms with Gasteiger partial charge in [0, 0.05) is 32.7 Å². The topological polar surface area (TPSA) is 79.7 Å². The van der Waals surface area contributed by atoms with Gasteiger partial charge in [0.15, 0.2) is 12.1 Å². The van der Waals surface area contributed by atoms with Crippen LogP contribution in [0.15, 0.2) is 35.4 Å². The lowest BCUT2D eigenvalue weighted by Gasteiger charge is -2.34. The Bertz CT molecular complexity index is 1080. The normalized spacial score (nSPS) is 11.4. The van der Waals surface area contributed by atoms with E-state index in [-0.39, 0.29) is 46.9 Å². The molecule has 11 heteroatoms. The highest BCUT2D eigenvalue weighted by Gasteiger charge is 2.22. The number of likely N-dealkylation sites (N-methyl/N-ethyl adjacent to an activating group) is 1. The third-order valence-electron chi connectivity index (χ3n) is 5.41. The number of hydrazone groups is 1. The van der Waals surface area contributed by atoms with Crippen molar-refractivity contribution in [3.05, 3.63) is 52.6 Å². The van der Waals surface area contributed by atoms with Gasteiger partial charge in [-0.3, -0.25) is 19.5 Å². The maximum atomic E-state index is 15.0. The molecule has 8 nitrogen and oxygen atoms in total. The first-order chi connectivity index (χ1) is 17.1. The molecule has 1 amide bonds. The Balaban J connectivity index is 2.56. The van der Waals surface area contributed by atoms with E-state index in [1.54, 1.807) is 24.9 Å². The van der Waals surface area contributed by atoms with E-state index in [0.29, 0.717) is 24.9 Å². The molecule has 0 saturated heterocycles. The number of nitrogens with zero attached hydrogens (tertiary/aromatic N) is 5. The summed E-state index contributed by atoms with van der Waals surface area (Å²) < 4.78 is 29.6. The maximum Gasteiger partial charge on any atom is 0.215 e. The SMILES string of the molecule is CCN(C=O)/C(CO)=N\N(C)c1cc(N(CC(C)C)CN(C)c2c(F)cccc2Cl)c(C=O)cc1F. The molecule has 2 rings (SSSR count). The van der Waals surface area contributed by atoms with E-state index >= 15 is 4.39 Å². The van der Waals surface area contributed by atoms with Gasteiger partial charge in [-0.1, -0.05) is 31.5 Å². The number of para-hydroxylation sites is 1. The zero-order valence-corrected chi connectivity index (χ0v) is 21.8. The molecule has 0 aliphatic heterocycles. The predicted octanol–water partition coefficient (Wildman–Crippen LogP) is 4.21. The summed E-state index contributed by atoms with van der Waals surface area (Å²) >= 11 is 6.24. The number of halogens is 3. The molecule has 0 fully saturated rings. The molecule has 0 spiro atoms. The van der Waals surface area contributed by atoms with Crippen LogP contribution in [0.25, 0.3) is 0 Å². The van der Waals surface area contributed by atoms with Crippen LogP contribution in [0.2, 0.25) is 5.02 Å². The molecule has 0 aliphatic carbocycles. The van der Waals surface area contributed by atoms with Crippen molar-refractivity contribution in [2.75, 3.05) is 55.3 Å². The number of amidine groups is 1. The zero-order valence-electron chi connectivity index (χ0n) is 21.1. The summed E-state index contributed by atoms with van der Waals surface area (Å²) in [6.07, 6.45) is 1.08. The van der Waals surface area contributed by atoms with E-state index in [2.05, 4.69) is 5.10 Å². The molecular weight excluding hydrogens is 492 g/mol. The van der Waals surface area contributed by atoms with Crippen LogP contribution in [0.4, 0.5) is 25.8 Å². The van der Waals surface area contributed by atoms with Crippen LogP contribution in [0.1, 0.15) is 31.1 Å². The van der Waals surface area contributed by atoms with Crippen LogP contribution < -0.4 is 14.8 Å². The van der Waals surface area contributed by atoms with Crippen molar-refractivity contribution in [1.82, 2.24) is 4.90 Å². The lowest BCUT2D eigenvalue weighted by Crippen LogP contribution is -2.39. The summed E-state index contributed by atoms with van der Waals surface area (Å²) in [5.74, 6) is -1.03. The van der Waals surface area contributed by atoms with E-state index < -0.39 is 18.2 Å². The average Bonchev–Trinajstić information content (AvgIpc) is 2.82. The maximum absolute atomic E-state index is 15.0. The van der Waals surface area contributed by atoms with E-state index in [9.17, 15) is 19.1 Å². The average molecular weight is 524 g/mol. The Morgan fingerprint density at radius 1 is 1.14 bits per heavy atom. The fourth-order valence-electron chi connectivity index (χ4n) is 3.76. The number of hydrogen-bond acceptors (Lipinski definition) is 7. The van der Waals surface area contributed by atoms with Crippen molar-refractivity contribution in [3.63, 3.8) is 0 Å². The number of aliphatic hydroxyl groups is 1. The molecule has 0 saturated carbocycles. The van der Waals surface area contributed by atoms with E-state index in [1.165, 1.54) is 35.2 Å². The van der Waals surface area contributed by atoms with E-state index in [0.717, 1.165) is 6.07 Å². The van der Waals surface area contributed by atoms with E-state index in [1.807, 2.05) is 18.7 Å². The number of rotatable bonds is 12. The van der Waals surface area contributed by atoms with Gasteiger partial charge in [-0.25, -0.2) is 8.78 Å². The first-order valence-corrected chi connectivity index (χ1v) is 11.8. The molecule has 0 aliphatic rings. The monoisotopic (exact) mass is 523 g/mol. The number of aliphatic hydroxyl groups excluding tert-OH is 1. The van der Waals surface area contributed by atoms with Gasteiger partial charge in [0.05, 0.1) is 28.8 Å². The molecule has 0 unspecified atom stereocenters. The molecule has 196 valence electrons. The Kier molecular flexibility index (Phi) is 10.6. The Labute approximate surface area is 215 Å². The van der Waals surface area contributed by atoms with Crippen LogP contribution >= 0.6 is 11.6 Å². The van der Waals surface area contributed by atoms with Gasteiger partial charge in [0.2, 0.25) is 6.41 Å². The first-order valence-electron chi connectivity index (χ1n) is 11.4. The molecular formula is C25H32ClF2N5O3. The second kappa shape index (κ2) is 13.2. The van der Waals surface area contributed by atoms with Gasteiger partial charge in [-0.2, -0.15) is 5.10 Å². The minimum absolute atomic E-state index is 0.0174. The van der Waals surface area contributed by atoms with Gasteiger partial charge in [0.25, 0.3) is 0 Å². The van der Waals surface area contributed by atoms with Gasteiger partial charge in [0.1, 0.15) is 18.2 Å². The molecule has 2 aromatic carbocycles. The number of carbonyl (C=O) groups excluding carboxylic acids is 2. The molecule has 0 bridgehead atoms. The fraction of sp³-hybridized carbons (Fsp3) is 0.400. The third kappa shape index (κ3) is 6.92. The lowest BCUT2D eigenvalue weighted by molar-refractivity contribution is -0.114. The number of aldehydes is 1. The Morgan fingerprint density at radius 3 is 2.36 bits per heavy atom. The molecule has 2 aromatic rings. The molecule has 0 atom stereocenters. The van der Waals surface area contributed by atoms with Crippen molar-refractivity contribution in [2.45, 2.75) is 20.8 Å². The number of anilines is 3. The second-order valence-corrected chi connectivity index (χ2v) is 9.00. The minimum Gasteiger partial charge on any atom is -0.388 e. The van der Waals surface area contributed by atoms with Crippen LogP contribution in [0, 0.1) is 17.6 Å². The van der Waals surface area contributed by atoms with Crippen LogP contribution in [0.3, 0.4) is 0 Å². The molecule has 0 radical (unpaired) electrons. The standard InChI is InChI=1S/C25H32ClF2N5O3/c1-6-32(16-36)24(14-35)29-31(5)23-11-22(18(13-34)10-21(23)28)33(12-17(2)3)15-30(4)25-19(26)8-7-9-20(25)27/h7-11,13,16-17,35H,6,12,14-15H2,1-5H3/b29-24-. The number of carbonyl (C=O) groups is 2. The quantitative estimate of drug-likeness (QED) is 0.148. The molecule has 0 heterocycles. The second-order valence-electron chi connectivity index (χ2n) is 8.60. The predicted molar refractivity (Wildman–Crippen MR) is 140 cm³/mol. The van der Waals surface area contributed by atoms with Crippen LogP contribution in [0.5, 0.6) is 0 Å². The summed E-state index contributed by atoms with van der Waals surface area (Å²) in [7, 11) is 3.14. The molecule has 0 aromatic heterocycles. The van der Waals surface area contributed by atoms with Gasteiger partial charge in [-0.15, -0.1) is 0 Å². The highest BCUT2D eigenvalue weighted by molar-refractivity contribution is 6.33. The highest BCUT2D eigenvalue weighted by Crippen LogP contribution is 2.32. The van der Waals surface area contributed by atoms with Crippen molar-refractivity contribution >= 4 is 47.2 Å². The number of amides is 1. The first kappa shape index (κ1) is 29.0. The summed E-state index contributed by atoms with van der Waals surface area (Å²) in [5, 5.41) is 15.3. The van der Waals surface area contributed by atoms with Crippen molar-refractivity contribution in [2.24, 2.45) is 11.0 Å². The van der Waals surface area contributed by atoms with Gasteiger partial charge >= 0.3 is 0 Å². The molecule has 1 N–H and O–H groups in total.